The van der Waals surface area contributed by atoms with Gasteiger partial charge in [0.25, 0.3) is 5.56 Å². The number of amides is 1. The number of piperidine rings is 1. The fraction of sp³-hybridized carbons (Fsp3) is 0.261. The fourth-order valence-electron chi connectivity index (χ4n) is 4.19. The van der Waals surface area contributed by atoms with Crippen molar-refractivity contribution in [1.82, 2.24) is 14.0 Å². The van der Waals surface area contributed by atoms with Crippen LogP contribution in [0.25, 0.3) is 16.6 Å². The molecule has 8 nitrogen and oxygen atoms in total. The quantitative estimate of drug-likeness (QED) is 0.537. The van der Waals surface area contributed by atoms with Crippen LogP contribution in [0.5, 0.6) is 5.75 Å². The Bertz CT molecular complexity index is 1320. The van der Waals surface area contributed by atoms with Crippen molar-refractivity contribution in [2.75, 3.05) is 18.0 Å². The molecule has 0 saturated carbocycles. The molecule has 0 spiro atoms. The van der Waals surface area contributed by atoms with E-state index in [0.29, 0.717) is 11.5 Å². The van der Waals surface area contributed by atoms with Gasteiger partial charge in [-0.3, -0.25) is 14.0 Å². The molecule has 0 atom stereocenters. The zero-order valence-corrected chi connectivity index (χ0v) is 17.0. The monoisotopic (exact) mass is 417 g/mol. The molecule has 1 aliphatic heterocycles. The van der Waals surface area contributed by atoms with Crippen molar-refractivity contribution < 1.29 is 9.53 Å². The van der Waals surface area contributed by atoms with Gasteiger partial charge in [0, 0.05) is 49.8 Å². The van der Waals surface area contributed by atoms with E-state index in [1.807, 2.05) is 53.2 Å². The number of pyridine rings is 1. The lowest BCUT2D eigenvalue weighted by atomic mass is 10.1. The van der Waals surface area contributed by atoms with E-state index in [1.54, 1.807) is 16.7 Å². The third-order valence-corrected chi connectivity index (χ3v) is 5.72. The van der Waals surface area contributed by atoms with Crippen molar-refractivity contribution in [3.8, 4) is 5.75 Å². The average molecular weight is 417 g/mol. The number of hydrogen-bond donors (Lipinski definition) is 1. The van der Waals surface area contributed by atoms with Crippen LogP contribution >= 0.6 is 0 Å². The summed E-state index contributed by atoms with van der Waals surface area (Å²) in [7, 11) is 0. The number of ether oxygens (including phenoxy) is 1. The van der Waals surface area contributed by atoms with Gasteiger partial charge in [-0.2, -0.15) is 0 Å². The van der Waals surface area contributed by atoms with Gasteiger partial charge in [-0.25, -0.2) is 4.98 Å². The minimum atomic E-state index is -0.377. The number of hydrogen-bond acceptors (Lipinski definition) is 5. The van der Waals surface area contributed by atoms with Crippen molar-refractivity contribution in [3.05, 3.63) is 71.3 Å². The molecule has 1 aliphatic rings. The number of aromatic nitrogens is 3. The lowest BCUT2D eigenvalue weighted by Gasteiger charge is -2.33. The zero-order valence-electron chi connectivity index (χ0n) is 17.0. The van der Waals surface area contributed by atoms with Crippen LogP contribution in [-0.4, -0.2) is 39.1 Å². The molecule has 0 radical (unpaired) electrons. The van der Waals surface area contributed by atoms with Crippen molar-refractivity contribution in [2.45, 2.75) is 25.5 Å². The molecule has 8 heteroatoms. The van der Waals surface area contributed by atoms with Crippen LogP contribution in [0.4, 0.5) is 5.82 Å². The summed E-state index contributed by atoms with van der Waals surface area (Å²) in [4.78, 5) is 30.5. The van der Waals surface area contributed by atoms with Crippen LogP contribution in [0.1, 0.15) is 12.8 Å². The van der Waals surface area contributed by atoms with Gasteiger partial charge in [0.15, 0.2) is 0 Å². The Kier molecular flexibility index (Phi) is 4.82. The molecular formula is C23H23N5O3. The third-order valence-electron chi connectivity index (χ3n) is 5.72. The van der Waals surface area contributed by atoms with E-state index in [1.165, 1.54) is 0 Å². The van der Waals surface area contributed by atoms with Gasteiger partial charge in [-0.05, 0) is 30.3 Å². The van der Waals surface area contributed by atoms with Crippen LogP contribution in [0.2, 0.25) is 0 Å². The van der Waals surface area contributed by atoms with E-state index in [9.17, 15) is 9.59 Å². The third kappa shape index (κ3) is 3.72. The van der Waals surface area contributed by atoms with E-state index in [0.717, 1.165) is 42.6 Å². The molecule has 1 saturated heterocycles. The summed E-state index contributed by atoms with van der Waals surface area (Å²) in [5.41, 5.74) is 6.84. The largest absolute Gasteiger partial charge is 0.490 e. The zero-order chi connectivity index (χ0) is 21.4. The highest BCUT2D eigenvalue weighted by atomic mass is 16.5. The Morgan fingerprint density at radius 2 is 1.94 bits per heavy atom. The van der Waals surface area contributed by atoms with Crippen molar-refractivity contribution >= 4 is 28.3 Å². The predicted molar refractivity (Wildman–Crippen MR) is 118 cm³/mol. The van der Waals surface area contributed by atoms with E-state index in [2.05, 4.69) is 9.88 Å². The van der Waals surface area contributed by atoms with E-state index >= 15 is 0 Å². The van der Waals surface area contributed by atoms with Crippen LogP contribution < -0.4 is 20.9 Å². The van der Waals surface area contributed by atoms with E-state index in [-0.39, 0.29) is 24.1 Å². The first kappa shape index (κ1) is 19.2. The summed E-state index contributed by atoms with van der Waals surface area (Å²) in [5, 5.41) is 0.968. The topological polar surface area (TPSA) is 94.9 Å². The van der Waals surface area contributed by atoms with Crippen LogP contribution in [0, 0.1) is 0 Å². The first-order valence-electron chi connectivity index (χ1n) is 10.3. The number of rotatable bonds is 5. The normalized spacial score (nSPS) is 14.9. The molecule has 1 fully saturated rings. The molecule has 31 heavy (non-hydrogen) atoms. The number of fused-ring (bicyclic) bond motifs is 2. The van der Waals surface area contributed by atoms with Crippen molar-refractivity contribution in [1.29, 1.82) is 0 Å². The predicted octanol–water partition coefficient (Wildman–Crippen LogP) is 2.18. The molecule has 4 heterocycles. The minimum absolute atomic E-state index is 0.0721. The van der Waals surface area contributed by atoms with Gasteiger partial charge < -0.3 is 19.9 Å². The van der Waals surface area contributed by atoms with Gasteiger partial charge in [0.2, 0.25) is 5.91 Å². The van der Waals surface area contributed by atoms with Crippen LogP contribution in [0.3, 0.4) is 0 Å². The molecule has 0 bridgehead atoms. The second kappa shape index (κ2) is 7.79. The minimum Gasteiger partial charge on any atom is -0.490 e. The summed E-state index contributed by atoms with van der Waals surface area (Å²) < 4.78 is 9.70. The van der Waals surface area contributed by atoms with Gasteiger partial charge in [-0.15, -0.1) is 0 Å². The maximum atomic E-state index is 12.4. The lowest BCUT2D eigenvalue weighted by Crippen LogP contribution is -2.39. The van der Waals surface area contributed by atoms with Gasteiger partial charge in [0.05, 0.1) is 5.52 Å². The number of carbonyl (C=O) groups excluding carboxylic acids is 1. The van der Waals surface area contributed by atoms with Gasteiger partial charge in [-0.1, -0.05) is 12.1 Å². The van der Waals surface area contributed by atoms with Gasteiger partial charge in [0.1, 0.15) is 29.9 Å². The van der Waals surface area contributed by atoms with Crippen molar-refractivity contribution in [3.63, 3.8) is 0 Å². The summed E-state index contributed by atoms with van der Waals surface area (Å²) in [6.45, 7) is 1.67. The molecule has 4 aromatic rings. The maximum absolute atomic E-state index is 12.4. The second-order valence-corrected chi connectivity index (χ2v) is 7.78. The number of anilines is 1. The number of carbonyl (C=O) groups is 1. The number of nitrogens with two attached hydrogens (primary N) is 1. The molecule has 158 valence electrons. The average Bonchev–Trinajstić information content (AvgIpc) is 3.17. The maximum Gasteiger partial charge on any atom is 0.259 e. The Hall–Kier alpha value is -3.81. The SMILES string of the molecule is NC(=O)Cn1ccc2c(OC3CCN(c4cc(=O)n5ccccc5n4)CC3)cccc21. The van der Waals surface area contributed by atoms with E-state index in [4.69, 9.17) is 10.5 Å². The molecule has 3 aromatic heterocycles. The molecular weight excluding hydrogens is 394 g/mol. The first-order chi connectivity index (χ1) is 15.1. The number of primary amides is 1. The standard InChI is InChI=1S/C23H23N5O3/c24-20(29)15-27-13-9-17-18(27)4-3-5-19(17)31-16-7-11-26(12-8-16)22-14-23(30)28-10-2-1-6-21(28)25-22/h1-6,9-10,13-14,16H,7-8,11-12,15H2,(H2,24,29). The molecule has 0 aliphatic carbocycles. The lowest BCUT2D eigenvalue weighted by molar-refractivity contribution is -0.118. The summed E-state index contributed by atoms with van der Waals surface area (Å²) in [6.07, 6.45) is 5.31. The van der Waals surface area contributed by atoms with Crippen LogP contribution in [0.15, 0.2) is 65.7 Å². The number of nitrogens with zero attached hydrogens (tertiary/aromatic N) is 4. The Balaban J connectivity index is 1.30. The molecule has 1 amide bonds. The van der Waals surface area contributed by atoms with Crippen LogP contribution in [-0.2, 0) is 11.3 Å². The molecule has 5 rings (SSSR count). The van der Waals surface area contributed by atoms with Gasteiger partial charge >= 0.3 is 0 Å². The summed E-state index contributed by atoms with van der Waals surface area (Å²) in [6, 6.07) is 14.9. The highest BCUT2D eigenvalue weighted by Crippen LogP contribution is 2.29. The molecule has 0 unspecified atom stereocenters. The Morgan fingerprint density at radius 1 is 1.10 bits per heavy atom. The molecule has 2 N–H and O–H groups in total. The number of benzene rings is 1. The summed E-state index contributed by atoms with van der Waals surface area (Å²) >= 11 is 0. The fourth-order valence-corrected chi connectivity index (χ4v) is 4.19. The molecule has 1 aromatic carbocycles. The smallest absolute Gasteiger partial charge is 0.259 e. The highest BCUT2D eigenvalue weighted by molar-refractivity contribution is 5.88. The van der Waals surface area contributed by atoms with E-state index < -0.39 is 0 Å². The van der Waals surface area contributed by atoms with Crippen molar-refractivity contribution in [2.24, 2.45) is 5.73 Å². The summed E-state index contributed by atoms with van der Waals surface area (Å²) in [5.74, 6) is 1.14. The Labute approximate surface area is 178 Å². The Morgan fingerprint density at radius 3 is 2.74 bits per heavy atom. The first-order valence-corrected chi connectivity index (χ1v) is 10.3. The second-order valence-electron chi connectivity index (χ2n) is 7.78. The highest BCUT2D eigenvalue weighted by Gasteiger charge is 2.23.